The molecule has 3 fully saturated rings. The van der Waals surface area contributed by atoms with Gasteiger partial charge in [0.2, 0.25) is 24.1 Å². The van der Waals surface area contributed by atoms with E-state index in [9.17, 15) is 14.4 Å². The molecule has 2 saturated heterocycles. The Morgan fingerprint density at radius 3 is 2.15 bits per heavy atom. The Kier molecular flexibility index (Phi) is 9.65. The summed E-state index contributed by atoms with van der Waals surface area (Å²) in [6, 6.07) is 7.52. The van der Waals surface area contributed by atoms with Crippen LogP contribution >= 0.6 is 0 Å². The number of carbonyl (C=O) groups excluding carboxylic acids is 4. The van der Waals surface area contributed by atoms with Crippen molar-refractivity contribution in [2.45, 2.75) is 51.1 Å². The number of benzene rings is 1. The van der Waals surface area contributed by atoms with Crippen molar-refractivity contribution in [1.29, 1.82) is 0 Å². The van der Waals surface area contributed by atoms with Gasteiger partial charge in [0.15, 0.2) is 0 Å². The first-order valence-corrected chi connectivity index (χ1v) is 11.6. The first-order valence-electron chi connectivity index (χ1n) is 11.6. The first kappa shape index (κ1) is 26.9. The summed E-state index contributed by atoms with van der Waals surface area (Å²) >= 11 is 0. The van der Waals surface area contributed by atoms with Gasteiger partial charge in [-0.25, -0.2) is 0 Å². The van der Waals surface area contributed by atoms with E-state index in [2.05, 4.69) is 19.2 Å². The molecule has 0 bridgehead atoms. The number of amides is 4. The minimum atomic E-state index is -0.705. The molecule has 4 amide bonds. The monoisotopic (exact) mass is 472 g/mol. The topological polar surface area (TPSA) is 113 Å². The molecule has 2 N–H and O–H groups in total. The van der Waals surface area contributed by atoms with Crippen LogP contribution in [0.2, 0.25) is 0 Å². The van der Waals surface area contributed by atoms with Crippen molar-refractivity contribution in [3.63, 3.8) is 0 Å². The molecule has 2 heterocycles. The second kappa shape index (κ2) is 12.2. The van der Waals surface area contributed by atoms with Gasteiger partial charge >= 0.3 is 0 Å². The minimum absolute atomic E-state index is 0.0325. The molecule has 1 atom stereocenters. The second-order valence-corrected chi connectivity index (χ2v) is 8.59. The predicted molar refractivity (Wildman–Crippen MR) is 129 cm³/mol. The lowest BCUT2D eigenvalue weighted by Gasteiger charge is -2.43. The van der Waals surface area contributed by atoms with Gasteiger partial charge in [0.05, 0.1) is 7.11 Å². The zero-order valence-corrected chi connectivity index (χ0v) is 20.4. The lowest BCUT2D eigenvalue weighted by Crippen LogP contribution is -2.64. The molecular weight excluding hydrogens is 436 g/mol. The van der Waals surface area contributed by atoms with E-state index in [-0.39, 0.29) is 24.1 Å². The van der Waals surface area contributed by atoms with Gasteiger partial charge in [0, 0.05) is 26.2 Å². The number of piperazine rings is 1. The van der Waals surface area contributed by atoms with Crippen LogP contribution in [0.1, 0.15) is 38.2 Å². The Labute approximate surface area is 201 Å². The van der Waals surface area contributed by atoms with Crippen molar-refractivity contribution in [1.82, 2.24) is 14.7 Å². The molecule has 1 saturated carbocycles. The summed E-state index contributed by atoms with van der Waals surface area (Å²) in [5.41, 5.74) is 4.72. The summed E-state index contributed by atoms with van der Waals surface area (Å²) in [6.07, 6.45) is 4.97. The van der Waals surface area contributed by atoms with Gasteiger partial charge < -0.3 is 25.2 Å². The maximum absolute atomic E-state index is 12.8. The molecule has 1 aliphatic carbocycles. The third kappa shape index (κ3) is 6.15. The third-order valence-electron chi connectivity index (χ3n) is 6.40. The highest BCUT2D eigenvalue weighted by atomic mass is 16.5. The fourth-order valence-corrected chi connectivity index (χ4v) is 4.32. The molecule has 1 unspecified atom stereocenters. The molecule has 2 aliphatic heterocycles. The number of nitrogens with zero attached hydrogens (tertiary/aromatic N) is 3. The number of hydrogen-bond acceptors (Lipinski definition) is 5. The van der Waals surface area contributed by atoms with Gasteiger partial charge in [-0.3, -0.25) is 19.2 Å². The number of hydrogen-bond donors (Lipinski definition) is 1. The molecule has 186 valence electrons. The van der Waals surface area contributed by atoms with Crippen LogP contribution in [0.3, 0.4) is 0 Å². The average molecular weight is 473 g/mol. The van der Waals surface area contributed by atoms with Crippen LogP contribution in [-0.4, -0.2) is 83.7 Å². The van der Waals surface area contributed by atoms with E-state index in [1.165, 1.54) is 11.6 Å². The highest BCUT2D eigenvalue weighted by Gasteiger charge is 2.60. The van der Waals surface area contributed by atoms with Crippen molar-refractivity contribution in [3.05, 3.63) is 42.5 Å². The third-order valence-corrected chi connectivity index (χ3v) is 6.40. The number of likely N-dealkylation sites (tertiary alicyclic amines) is 1. The van der Waals surface area contributed by atoms with Crippen LogP contribution in [-0.2, 0) is 19.2 Å². The summed E-state index contributed by atoms with van der Waals surface area (Å²) < 4.78 is 4.97. The highest BCUT2D eigenvalue weighted by molar-refractivity contribution is 6.00. The lowest BCUT2D eigenvalue weighted by atomic mass is 10.1. The molecule has 4 rings (SSSR count). The van der Waals surface area contributed by atoms with Crippen molar-refractivity contribution in [2.24, 2.45) is 5.73 Å². The minimum Gasteiger partial charge on any atom is -0.497 e. The van der Waals surface area contributed by atoms with Gasteiger partial charge in [-0.2, -0.15) is 0 Å². The van der Waals surface area contributed by atoms with E-state index in [1.54, 1.807) is 23.8 Å². The van der Waals surface area contributed by atoms with Crippen LogP contribution < -0.4 is 10.5 Å². The van der Waals surface area contributed by atoms with E-state index in [0.717, 1.165) is 31.7 Å². The van der Waals surface area contributed by atoms with Gasteiger partial charge in [0.25, 0.3) is 0 Å². The quantitative estimate of drug-likeness (QED) is 0.527. The van der Waals surface area contributed by atoms with Gasteiger partial charge in [0.1, 0.15) is 17.3 Å². The summed E-state index contributed by atoms with van der Waals surface area (Å²) in [5, 5.41) is 0. The van der Waals surface area contributed by atoms with Crippen LogP contribution in [0.15, 0.2) is 36.9 Å². The maximum Gasteiger partial charge on any atom is 0.249 e. The lowest BCUT2D eigenvalue weighted by molar-refractivity contribution is -0.157. The van der Waals surface area contributed by atoms with Crippen LogP contribution in [0, 0.1) is 6.92 Å². The second-order valence-electron chi connectivity index (χ2n) is 8.59. The molecule has 9 nitrogen and oxygen atoms in total. The Balaban J connectivity index is 0.000000283. The molecule has 1 aromatic rings. The summed E-state index contributed by atoms with van der Waals surface area (Å²) in [6.45, 7) is 9.85. The number of rotatable bonds is 4. The van der Waals surface area contributed by atoms with Crippen molar-refractivity contribution >= 4 is 24.1 Å². The Bertz CT molecular complexity index is 876. The summed E-state index contributed by atoms with van der Waals surface area (Å²) in [7, 11) is 1.67. The number of ether oxygens (including phenoxy) is 1. The smallest absolute Gasteiger partial charge is 0.249 e. The van der Waals surface area contributed by atoms with Crippen LogP contribution in [0.5, 0.6) is 5.75 Å². The zero-order chi connectivity index (χ0) is 25.3. The number of primary amides is 1. The molecule has 1 aromatic carbocycles. The van der Waals surface area contributed by atoms with Crippen LogP contribution in [0.4, 0.5) is 0 Å². The van der Waals surface area contributed by atoms with Crippen LogP contribution in [0.25, 0.3) is 0 Å². The Morgan fingerprint density at radius 2 is 1.68 bits per heavy atom. The molecule has 34 heavy (non-hydrogen) atoms. The SMILES string of the molecule is C=CC(=O)N1CCN(C(C)C(=O)N2CCCC2)C(=O)C12CC2.COc1ccc(C)cc1.NC=O. The standard InChI is InChI=1S/C16H23N3O3.C8H10O.CH3NO/c1-3-13(20)19-11-10-18(15(22)16(19)6-7-16)12(2)14(21)17-8-4-5-9-17;1-7-3-5-8(9-2)6-4-7;2-1-3/h3,12H,1,4-11H2,2H3;3-6H,1-2H3;1H,(H2,2,3). The van der Waals surface area contributed by atoms with E-state index < -0.39 is 11.6 Å². The van der Waals surface area contributed by atoms with Crippen molar-refractivity contribution in [3.8, 4) is 5.75 Å². The number of carbonyl (C=O) groups is 4. The highest BCUT2D eigenvalue weighted by Crippen LogP contribution is 2.45. The van der Waals surface area contributed by atoms with Gasteiger partial charge in [-0.05, 0) is 57.7 Å². The molecule has 0 aromatic heterocycles. The fraction of sp³-hybridized carbons (Fsp3) is 0.520. The zero-order valence-electron chi connectivity index (χ0n) is 20.4. The van der Waals surface area contributed by atoms with Crippen molar-refractivity contribution < 1.29 is 23.9 Å². The normalized spacial score (nSPS) is 18.7. The first-order chi connectivity index (χ1) is 16.2. The molecule has 1 spiro atoms. The van der Waals surface area contributed by atoms with Gasteiger partial charge in [-0.15, -0.1) is 0 Å². The van der Waals surface area contributed by atoms with E-state index in [1.807, 2.05) is 29.2 Å². The van der Waals surface area contributed by atoms with Gasteiger partial charge in [-0.1, -0.05) is 24.3 Å². The molecule has 0 radical (unpaired) electrons. The number of aryl methyl sites for hydroxylation is 1. The Morgan fingerprint density at radius 1 is 1.12 bits per heavy atom. The largest absolute Gasteiger partial charge is 0.497 e. The molecule has 9 heteroatoms. The molecule has 3 aliphatic rings. The Hall–Kier alpha value is -3.36. The number of nitrogens with two attached hydrogens (primary N) is 1. The van der Waals surface area contributed by atoms with E-state index in [0.29, 0.717) is 25.9 Å². The summed E-state index contributed by atoms with van der Waals surface area (Å²) in [5.74, 6) is 0.684. The maximum atomic E-state index is 12.8. The molecular formula is C25H36N4O5. The van der Waals surface area contributed by atoms with E-state index >= 15 is 0 Å². The average Bonchev–Trinajstić information content (AvgIpc) is 3.43. The number of methoxy groups -OCH3 is 1. The van der Waals surface area contributed by atoms with E-state index in [4.69, 9.17) is 9.53 Å². The fourth-order valence-electron chi connectivity index (χ4n) is 4.32. The summed E-state index contributed by atoms with van der Waals surface area (Å²) in [4.78, 5) is 51.0. The van der Waals surface area contributed by atoms with Crippen molar-refractivity contribution in [2.75, 3.05) is 33.3 Å². The predicted octanol–water partition coefficient (Wildman–Crippen LogP) is 1.49.